The fraction of sp³-hybridized carbons (Fsp3) is 0.368. The molecule has 2 aromatic rings. The van der Waals surface area contributed by atoms with Crippen LogP contribution in [0.15, 0.2) is 42.5 Å². The Kier molecular flexibility index (Phi) is 4.35. The number of rotatable bonds is 5. The minimum atomic E-state index is -0.105. The summed E-state index contributed by atoms with van der Waals surface area (Å²) in [5, 5.41) is 3.33. The van der Waals surface area contributed by atoms with E-state index in [2.05, 4.69) is 23.5 Å². The minimum Gasteiger partial charge on any atom is -0.316 e. The second kappa shape index (κ2) is 6.40. The van der Waals surface area contributed by atoms with Gasteiger partial charge in [-0.25, -0.2) is 4.39 Å². The van der Waals surface area contributed by atoms with Gasteiger partial charge in [-0.1, -0.05) is 36.4 Å². The highest BCUT2D eigenvalue weighted by Gasteiger charge is 2.14. The number of likely N-dealkylation sites (N-methyl/N-ethyl adjacent to an activating group) is 1. The lowest BCUT2D eigenvalue weighted by molar-refractivity contribution is 0.532. The second-order valence-corrected chi connectivity index (χ2v) is 5.94. The number of benzene rings is 2. The van der Waals surface area contributed by atoms with Crippen molar-refractivity contribution in [2.75, 3.05) is 7.05 Å². The van der Waals surface area contributed by atoms with Gasteiger partial charge in [0.15, 0.2) is 0 Å². The summed E-state index contributed by atoms with van der Waals surface area (Å²) in [5.41, 5.74) is 5.16. The van der Waals surface area contributed by atoms with E-state index in [1.54, 1.807) is 6.07 Å². The van der Waals surface area contributed by atoms with E-state index in [-0.39, 0.29) is 11.9 Å². The second-order valence-electron chi connectivity index (χ2n) is 5.94. The summed E-state index contributed by atoms with van der Waals surface area (Å²) in [4.78, 5) is 0. The molecular formula is C19H22FN. The maximum absolute atomic E-state index is 13.8. The first kappa shape index (κ1) is 14.3. The van der Waals surface area contributed by atoms with Gasteiger partial charge in [-0.3, -0.25) is 0 Å². The fourth-order valence-electron chi connectivity index (χ4n) is 3.24. The molecule has 1 nitrogen and oxygen atoms in total. The quantitative estimate of drug-likeness (QED) is 0.882. The van der Waals surface area contributed by atoms with E-state index >= 15 is 0 Å². The molecule has 0 radical (unpaired) electrons. The molecule has 0 aliphatic heterocycles. The van der Waals surface area contributed by atoms with Gasteiger partial charge in [-0.2, -0.15) is 0 Å². The van der Waals surface area contributed by atoms with E-state index in [1.807, 2.05) is 19.2 Å². The van der Waals surface area contributed by atoms with Gasteiger partial charge >= 0.3 is 0 Å². The van der Waals surface area contributed by atoms with Crippen LogP contribution < -0.4 is 5.32 Å². The maximum Gasteiger partial charge on any atom is 0.126 e. The van der Waals surface area contributed by atoms with Crippen molar-refractivity contribution < 1.29 is 4.39 Å². The Hall–Kier alpha value is -1.67. The molecule has 0 saturated heterocycles. The summed E-state index contributed by atoms with van der Waals surface area (Å²) in [5.74, 6) is -0.105. The predicted octanol–water partition coefficient (Wildman–Crippen LogP) is 3.69. The number of aryl methyl sites for hydroxylation is 2. The smallest absolute Gasteiger partial charge is 0.126 e. The van der Waals surface area contributed by atoms with Gasteiger partial charge in [0.1, 0.15) is 5.82 Å². The molecule has 110 valence electrons. The van der Waals surface area contributed by atoms with Crippen molar-refractivity contribution in [3.63, 3.8) is 0 Å². The summed E-state index contributed by atoms with van der Waals surface area (Å²) in [6.07, 6.45) is 5.38. The molecule has 0 bridgehead atoms. The summed E-state index contributed by atoms with van der Waals surface area (Å²) in [6, 6.07) is 14.2. The van der Waals surface area contributed by atoms with Crippen molar-refractivity contribution in [3.8, 4) is 0 Å². The first-order valence-corrected chi connectivity index (χ1v) is 7.77. The van der Waals surface area contributed by atoms with Crippen LogP contribution >= 0.6 is 0 Å². The third-order valence-corrected chi connectivity index (χ3v) is 4.48. The summed E-state index contributed by atoms with van der Waals surface area (Å²) in [7, 11) is 1.96. The molecule has 1 N–H and O–H groups in total. The topological polar surface area (TPSA) is 12.0 Å². The van der Waals surface area contributed by atoms with Crippen LogP contribution in [0.4, 0.5) is 4.39 Å². The van der Waals surface area contributed by atoms with E-state index in [4.69, 9.17) is 0 Å². The van der Waals surface area contributed by atoms with Crippen molar-refractivity contribution >= 4 is 0 Å². The number of hydrogen-bond donors (Lipinski definition) is 1. The molecule has 1 aliphatic carbocycles. The van der Waals surface area contributed by atoms with E-state index in [9.17, 15) is 4.39 Å². The zero-order chi connectivity index (χ0) is 14.7. The summed E-state index contributed by atoms with van der Waals surface area (Å²) < 4.78 is 13.8. The molecule has 21 heavy (non-hydrogen) atoms. The Morgan fingerprint density at radius 2 is 1.86 bits per heavy atom. The lowest BCUT2D eigenvalue weighted by Crippen LogP contribution is -2.30. The number of fused-ring (bicyclic) bond motifs is 1. The predicted molar refractivity (Wildman–Crippen MR) is 85.1 cm³/mol. The van der Waals surface area contributed by atoms with Crippen molar-refractivity contribution in [2.24, 2.45) is 0 Å². The Labute approximate surface area is 126 Å². The van der Waals surface area contributed by atoms with Crippen molar-refractivity contribution in [3.05, 3.63) is 70.5 Å². The molecular weight excluding hydrogens is 261 g/mol. The van der Waals surface area contributed by atoms with Crippen molar-refractivity contribution in [1.29, 1.82) is 0 Å². The van der Waals surface area contributed by atoms with E-state index in [1.165, 1.54) is 42.0 Å². The molecule has 0 saturated carbocycles. The van der Waals surface area contributed by atoms with Crippen LogP contribution in [-0.2, 0) is 25.7 Å². The van der Waals surface area contributed by atoms with Crippen LogP contribution in [0.25, 0.3) is 0 Å². The van der Waals surface area contributed by atoms with Gasteiger partial charge in [-0.05, 0) is 67.5 Å². The standard InChI is InChI=1S/C19H22FN/c1-21-18(13-17-5-2-3-8-19(17)20)12-14-9-10-15-6-4-7-16(15)11-14/h2-3,5,8-11,18,21H,4,6-7,12-13H2,1H3. The lowest BCUT2D eigenvalue weighted by atomic mass is 9.96. The average Bonchev–Trinajstić information content (AvgIpc) is 2.96. The Morgan fingerprint density at radius 3 is 2.67 bits per heavy atom. The molecule has 2 heteroatoms. The minimum absolute atomic E-state index is 0.105. The Bertz CT molecular complexity index is 621. The summed E-state index contributed by atoms with van der Waals surface area (Å²) in [6.45, 7) is 0. The van der Waals surface area contributed by atoms with Crippen LogP contribution in [0, 0.1) is 5.82 Å². The van der Waals surface area contributed by atoms with Crippen molar-refractivity contribution in [1.82, 2.24) is 5.32 Å². The third kappa shape index (κ3) is 3.33. The molecule has 3 rings (SSSR count). The average molecular weight is 283 g/mol. The van der Waals surface area contributed by atoms with E-state index < -0.39 is 0 Å². The van der Waals surface area contributed by atoms with Gasteiger partial charge in [0.25, 0.3) is 0 Å². The number of nitrogens with one attached hydrogen (secondary N) is 1. The molecule has 1 atom stereocenters. The Morgan fingerprint density at radius 1 is 1.05 bits per heavy atom. The molecule has 0 heterocycles. The van der Waals surface area contributed by atoms with Crippen LogP contribution in [-0.4, -0.2) is 13.1 Å². The zero-order valence-corrected chi connectivity index (χ0v) is 12.5. The lowest BCUT2D eigenvalue weighted by Gasteiger charge is -2.17. The molecule has 0 aromatic heterocycles. The van der Waals surface area contributed by atoms with Crippen LogP contribution in [0.5, 0.6) is 0 Å². The van der Waals surface area contributed by atoms with Crippen LogP contribution in [0.2, 0.25) is 0 Å². The molecule has 1 unspecified atom stereocenters. The van der Waals surface area contributed by atoms with Gasteiger partial charge in [0.2, 0.25) is 0 Å². The molecule has 0 amide bonds. The number of halogens is 1. The molecule has 1 aliphatic rings. The van der Waals surface area contributed by atoms with Gasteiger partial charge in [-0.15, -0.1) is 0 Å². The maximum atomic E-state index is 13.8. The SMILES string of the molecule is CNC(Cc1ccc2c(c1)CCC2)Cc1ccccc1F. The molecule has 0 fully saturated rings. The molecule has 0 spiro atoms. The van der Waals surface area contributed by atoms with E-state index in [0.717, 1.165) is 18.4 Å². The third-order valence-electron chi connectivity index (χ3n) is 4.48. The largest absolute Gasteiger partial charge is 0.316 e. The normalized spacial score (nSPS) is 15.0. The highest BCUT2D eigenvalue weighted by atomic mass is 19.1. The monoisotopic (exact) mass is 283 g/mol. The zero-order valence-electron chi connectivity index (χ0n) is 12.5. The highest BCUT2D eigenvalue weighted by molar-refractivity contribution is 5.35. The summed E-state index contributed by atoms with van der Waals surface area (Å²) >= 11 is 0. The number of hydrogen-bond acceptors (Lipinski definition) is 1. The van der Waals surface area contributed by atoms with Crippen LogP contribution in [0.3, 0.4) is 0 Å². The fourth-order valence-corrected chi connectivity index (χ4v) is 3.24. The first-order valence-electron chi connectivity index (χ1n) is 7.77. The van der Waals surface area contributed by atoms with Gasteiger partial charge in [0.05, 0.1) is 0 Å². The molecule has 2 aromatic carbocycles. The van der Waals surface area contributed by atoms with E-state index in [0.29, 0.717) is 0 Å². The van der Waals surface area contributed by atoms with Gasteiger partial charge in [0, 0.05) is 6.04 Å². The van der Waals surface area contributed by atoms with Gasteiger partial charge < -0.3 is 5.32 Å². The Balaban J connectivity index is 1.71. The van der Waals surface area contributed by atoms with Crippen LogP contribution in [0.1, 0.15) is 28.7 Å². The highest BCUT2D eigenvalue weighted by Crippen LogP contribution is 2.23. The van der Waals surface area contributed by atoms with Crippen molar-refractivity contribution in [2.45, 2.75) is 38.1 Å². The first-order chi connectivity index (χ1) is 10.3.